The lowest BCUT2D eigenvalue weighted by Gasteiger charge is -2.38. The molecule has 2 aliphatic rings. The molecule has 17 heavy (non-hydrogen) atoms. The maximum absolute atomic E-state index is 9.92. The fraction of sp³-hybridized carbons (Fsp3) is 0.357. The molecule has 3 atom stereocenters. The molecule has 3 nitrogen and oxygen atoms in total. The monoisotopic (exact) mass is 226 g/mol. The fourth-order valence-electron chi connectivity index (χ4n) is 3.19. The molecule has 0 saturated heterocycles. The van der Waals surface area contributed by atoms with E-state index in [1.807, 2.05) is 12.5 Å². The third kappa shape index (κ3) is 1.12. The SMILES string of the molecule is OC1CC[C@H]1[C@H]1c2ccccc2-c2cncn21. The van der Waals surface area contributed by atoms with Gasteiger partial charge in [-0.2, -0.15) is 0 Å². The van der Waals surface area contributed by atoms with Gasteiger partial charge in [0.15, 0.2) is 0 Å². The van der Waals surface area contributed by atoms with Crippen LogP contribution in [0, 0.1) is 5.92 Å². The minimum atomic E-state index is -0.151. The highest BCUT2D eigenvalue weighted by Crippen LogP contribution is 2.48. The first-order chi connectivity index (χ1) is 8.36. The summed E-state index contributed by atoms with van der Waals surface area (Å²) in [7, 11) is 0. The molecular formula is C14H14N2O. The Hall–Kier alpha value is -1.61. The van der Waals surface area contributed by atoms with E-state index in [0.29, 0.717) is 5.92 Å². The van der Waals surface area contributed by atoms with Crippen molar-refractivity contribution in [3.63, 3.8) is 0 Å². The van der Waals surface area contributed by atoms with Crippen LogP contribution in [0.2, 0.25) is 0 Å². The van der Waals surface area contributed by atoms with Crippen molar-refractivity contribution in [1.82, 2.24) is 9.55 Å². The number of nitrogens with zero attached hydrogens (tertiary/aromatic N) is 2. The predicted molar refractivity (Wildman–Crippen MR) is 64.5 cm³/mol. The molecule has 3 heteroatoms. The van der Waals surface area contributed by atoms with E-state index < -0.39 is 0 Å². The normalized spacial score (nSPS) is 29.6. The molecule has 1 saturated carbocycles. The summed E-state index contributed by atoms with van der Waals surface area (Å²) in [6.07, 6.45) is 5.71. The summed E-state index contributed by atoms with van der Waals surface area (Å²) < 4.78 is 2.22. The van der Waals surface area contributed by atoms with Crippen LogP contribution >= 0.6 is 0 Å². The molecular weight excluding hydrogens is 212 g/mol. The number of aromatic nitrogens is 2. The molecule has 0 amide bonds. The Kier molecular flexibility index (Phi) is 1.77. The minimum Gasteiger partial charge on any atom is -0.393 e. The first-order valence-electron chi connectivity index (χ1n) is 6.15. The van der Waals surface area contributed by atoms with Gasteiger partial charge in [-0.1, -0.05) is 24.3 Å². The molecule has 0 radical (unpaired) electrons. The molecule has 86 valence electrons. The van der Waals surface area contributed by atoms with Crippen molar-refractivity contribution >= 4 is 0 Å². The number of hydrogen-bond acceptors (Lipinski definition) is 2. The molecule has 1 aliphatic carbocycles. The van der Waals surface area contributed by atoms with E-state index in [4.69, 9.17) is 0 Å². The van der Waals surface area contributed by atoms with Crippen LogP contribution in [0.4, 0.5) is 0 Å². The molecule has 1 aliphatic heterocycles. The Balaban J connectivity index is 1.90. The summed E-state index contributed by atoms with van der Waals surface area (Å²) in [6.45, 7) is 0. The van der Waals surface area contributed by atoms with Gasteiger partial charge in [0.2, 0.25) is 0 Å². The highest BCUT2D eigenvalue weighted by Gasteiger charge is 2.41. The van der Waals surface area contributed by atoms with Crippen LogP contribution in [0.3, 0.4) is 0 Å². The van der Waals surface area contributed by atoms with Crippen LogP contribution in [0.25, 0.3) is 11.3 Å². The zero-order valence-electron chi connectivity index (χ0n) is 9.45. The van der Waals surface area contributed by atoms with Gasteiger partial charge >= 0.3 is 0 Å². The van der Waals surface area contributed by atoms with Crippen LogP contribution in [0.15, 0.2) is 36.8 Å². The van der Waals surface area contributed by atoms with E-state index in [-0.39, 0.29) is 12.1 Å². The Morgan fingerprint density at radius 2 is 2.12 bits per heavy atom. The second-order valence-corrected chi connectivity index (χ2v) is 5.03. The molecule has 0 spiro atoms. The number of fused-ring (bicyclic) bond motifs is 3. The topological polar surface area (TPSA) is 38.1 Å². The lowest BCUT2D eigenvalue weighted by molar-refractivity contribution is 0.00415. The maximum Gasteiger partial charge on any atom is 0.0956 e. The number of aliphatic hydroxyl groups is 1. The number of aliphatic hydroxyl groups excluding tert-OH is 1. The molecule has 1 unspecified atom stereocenters. The predicted octanol–water partition coefficient (Wildman–Crippen LogP) is 2.22. The lowest BCUT2D eigenvalue weighted by Crippen LogP contribution is -2.37. The molecule has 4 rings (SSSR count). The molecule has 0 bridgehead atoms. The van der Waals surface area contributed by atoms with Gasteiger partial charge in [-0.25, -0.2) is 4.98 Å². The summed E-state index contributed by atoms with van der Waals surface area (Å²) in [6, 6.07) is 8.76. The van der Waals surface area contributed by atoms with Crippen LogP contribution in [0.1, 0.15) is 24.4 Å². The third-order valence-electron chi connectivity index (χ3n) is 4.22. The van der Waals surface area contributed by atoms with Crippen molar-refractivity contribution in [2.45, 2.75) is 25.0 Å². The lowest BCUT2D eigenvalue weighted by atomic mass is 9.74. The Morgan fingerprint density at radius 1 is 1.24 bits per heavy atom. The molecule has 1 aromatic heterocycles. The van der Waals surface area contributed by atoms with Crippen molar-refractivity contribution in [2.24, 2.45) is 5.92 Å². The smallest absolute Gasteiger partial charge is 0.0956 e. The van der Waals surface area contributed by atoms with Crippen molar-refractivity contribution in [3.05, 3.63) is 42.4 Å². The van der Waals surface area contributed by atoms with Crippen molar-refractivity contribution < 1.29 is 5.11 Å². The number of imidazole rings is 1. The van der Waals surface area contributed by atoms with E-state index in [0.717, 1.165) is 12.8 Å². The molecule has 1 N–H and O–H groups in total. The number of rotatable bonds is 1. The quantitative estimate of drug-likeness (QED) is 0.809. The summed E-state index contributed by atoms with van der Waals surface area (Å²) in [5.74, 6) is 0.353. The van der Waals surface area contributed by atoms with Crippen LogP contribution in [-0.2, 0) is 0 Å². The van der Waals surface area contributed by atoms with Crippen molar-refractivity contribution in [3.8, 4) is 11.3 Å². The highest BCUT2D eigenvalue weighted by molar-refractivity contribution is 5.69. The van der Waals surface area contributed by atoms with E-state index in [1.165, 1.54) is 16.8 Å². The Bertz CT molecular complexity index is 575. The van der Waals surface area contributed by atoms with Crippen LogP contribution < -0.4 is 0 Å². The number of hydrogen-bond donors (Lipinski definition) is 1. The largest absolute Gasteiger partial charge is 0.393 e. The standard InChI is InChI=1S/C14H14N2O/c17-13-6-5-11(13)14-10-4-2-1-3-9(10)12-7-15-8-16(12)14/h1-4,7-8,11,13-14,17H,5-6H2/t11-,13?,14-/m1/s1. The second kappa shape index (κ2) is 3.20. The Morgan fingerprint density at radius 3 is 2.88 bits per heavy atom. The average molecular weight is 226 g/mol. The van der Waals surface area contributed by atoms with Crippen molar-refractivity contribution in [2.75, 3.05) is 0 Å². The van der Waals surface area contributed by atoms with Gasteiger partial charge in [0.25, 0.3) is 0 Å². The van der Waals surface area contributed by atoms with Gasteiger partial charge in [0.1, 0.15) is 0 Å². The zero-order chi connectivity index (χ0) is 11.4. The van der Waals surface area contributed by atoms with E-state index in [1.54, 1.807) is 0 Å². The van der Waals surface area contributed by atoms with Gasteiger partial charge in [0.05, 0.1) is 30.4 Å². The maximum atomic E-state index is 9.92. The fourth-order valence-corrected chi connectivity index (χ4v) is 3.19. The minimum absolute atomic E-state index is 0.151. The molecule has 2 aromatic rings. The van der Waals surface area contributed by atoms with Gasteiger partial charge in [-0.15, -0.1) is 0 Å². The van der Waals surface area contributed by atoms with Gasteiger partial charge in [0, 0.05) is 11.5 Å². The van der Waals surface area contributed by atoms with Gasteiger partial charge in [-0.05, 0) is 18.4 Å². The summed E-state index contributed by atoms with van der Waals surface area (Å²) in [5.41, 5.74) is 3.80. The summed E-state index contributed by atoms with van der Waals surface area (Å²) in [5, 5.41) is 9.92. The van der Waals surface area contributed by atoms with Gasteiger partial charge in [-0.3, -0.25) is 0 Å². The number of benzene rings is 1. The first kappa shape index (κ1) is 9.42. The van der Waals surface area contributed by atoms with Crippen LogP contribution in [0.5, 0.6) is 0 Å². The molecule has 1 aromatic carbocycles. The van der Waals surface area contributed by atoms with Crippen molar-refractivity contribution in [1.29, 1.82) is 0 Å². The summed E-state index contributed by atoms with van der Waals surface area (Å²) in [4.78, 5) is 4.24. The Labute approximate surface area is 99.7 Å². The summed E-state index contributed by atoms with van der Waals surface area (Å²) >= 11 is 0. The van der Waals surface area contributed by atoms with E-state index in [2.05, 4.69) is 33.8 Å². The van der Waals surface area contributed by atoms with Gasteiger partial charge < -0.3 is 9.67 Å². The van der Waals surface area contributed by atoms with E-state index >= 15 is 0 Å². The van der Waals surface area contributed by atoms with Crippen LogP contribution in [-0.4, -0.2) is 20.8 Å². The second-order valence-electron chi connectivity index (χ2n) is 5.03. The first-order valence-corrected chi connectivity index (χ1v) is 6.15. The molecule has 2 heterocycles. The zero-order valence-corrected chi connectivity index (χ0v) is 9.45. The average Bonchev–Trinajstić information content (AvgIpc) is 2.91. The highest BCUT2D eigenvalue weighted by atomic mass is 16.3. The molecule has 1 fully saturated rings. The third-order valence-corrected chi connectivity index (χ3v) is 4.22. The van der Waals surface area contributed by atoms with E-state index in [9.17, 15) is 5.11 Å².